The van der Waals surface area contributed by atoms with Gasteiger partial charge in [0.2, 0.25) is 0 Å². The number of benzene rings is 1. The molecule has 0 radical (unpaired) electrons. The highest BCUT2D eigenvalue weighted by Crippen LogP contribution is 2.25. The standard InChI is InChI=1S/C8H11NO.ClH/c1-5-3-6(2)8(10)7(9)4-5;/h3-4,10H,9H2,1-2H3;1H. The first-order valence-electron chi connectivity index (χ1n) is 3.17. The van der Waals surface area contributed by atoms with E-state index in [-0.39, 0.29) is 18.2 Å². The fourth-order valence-corrected chi connectivity index (χ4v) is 0.993. The number of halogens is 1. The predicted molar refractivity (Wildman–Crippen MR) is 49.2 cm³/mol. The van der Waals surface area contributed by atoms with E-state index in [9.17, 15) is 5.11 Å². The van der Waals surface area contributed by atoms with Crippen LogP contribution in [-0.4, -0.2) is 5.11 Å². The molecule has 0 heterocycles. The van der Waals surface area contributed by atoms with Crippen molar-refractivity contribution in [3.8, 4) is 5.75 Å². The van der Waals surface area contributed by atoms with Crippen LogP contribution in [0.25, 0.3) is 0 Å². The first kappa shape index (κ1) is 10.1. The number of hydrogen-bond donors (Lipinski definition) is 2. The zero-order chi connectivity index (χ0) is 7.72. The summed E-state index contributed by atoms with van der Waals surface area (Å²) >= 11 is 0. The quantitative estimate of drug-likeness (QED) is 0.466. The zero-order valence-electron chi connectivity index (χ0n) is 6.59. The summed E-state index contributed by atoms with van der Waals surface area (Å²) in [5.41, 5.74) is 7.84. The summed E-state index contributed by atoms with van der Waals surface area (Å²) in [6.45, 7) is 3.78. The molecule has 2 nitrogen and oxygen atoms in total. The van der Waals surface area contributed by atoms with Gasteiger partial charge in [0.15, 0.2) is 0 Å². The van der Waals surface area contributed by atoms with Gasteiger partial charge in [0.25, 0.3) is 0 Å². The molecule has 3 N–H and O–H groups in total. The number of hydrogen-bond acceptors (Lipinski definition) is 2. The number of aromatic hydroxyl groups is 1. The summed E-state index contributed by atoms with van der Waals surface area (Å²) in [5, 5.41) is 9.21. The Labute approximate surface area is 72.4 Å². The SMILES string of the molecule is Cc1cc(C)c(O)c(N)c1.Cl. The largest absolute Gasteiger partial charge is 0.506 e. The average molecular weight is 174 g/mol. The number of nitrogens with two attached hydrogens (primary N) is 1. The fourth-order valence-electron chi connectivity index (χ4n) is 0.993. The second kappa shape index (κ2) is 3.49. The Balaban J connectivity index is 0.000001000. The van der Waals surface area contributed by atoms with Gasteiger partial charge in [0.05, 0.1) is 5.69 Å². The van der Waals surface area contributed by atoms with Gasteiger partial charge >= 0.3 is 0 Å². The summed E-state index contributed by atoms with van der Waals surface area (Å²) in [6, 6.07) is 3.65. The molecule has 3 heteroatoms. The summed E-state index contributed by atoms with van der Waals surface area (Å²) in [6.07, 6.45) is 0. The molecule has 0 saturated heterocycles. The molecule has 0 atom stereocenters. The lowest BCUT2D eigenvalue weighted by Crippen LogP contribution is -1.88. The molecule has 1 aromatic carbocycles. The molecule has 0 aromatic heterocycles. The molecule has 1 aromatic rings. The molecular weight excluding hydrogens is 162 g/mol. The molecule has 0 unspecified atom stereocenters. The molecule has 1 rings (SSSR count). The van der Waals surface area contributed by atoms with Crippen molar-refractivity contribution in [2.75, 3.05) is 5.73 Å². The number of phenols is 1. The van der Waals surface area contributed by atoms with E-state index in [0.717, 1.165) is 11.1 Å². The molecule has 0 aliphatic rings. The minimum atomic E-state index is 0. The maximum Gasteiger partial charge on any atom is 0.141 e. The summed E-state index contributed by atoms with van der Waals surface area (Å²) < 4.78 is 0. The fraction of sp³-hybridized carbons (Fsp3) is 0.250. The normalized spacial score (nSPS) is 8.91. The second-order valence-corrected chi connectivity index (χ2v) is 2.52. The zero-order valence-corrected chi connectivity index (χ0v) is 7.40. The van der Waals surface area contributed by atoms with Crippen LogP contribution < -0.4 is 5.73 Å². The highest BCUT2D eigenvalue weighted by atomic mass is 35.5. The molecule has 62 valence electrons. The minimum absolute atomic E-state index is 0. The highest BCUT2D eigenvalue weighted by molar-refractivity contribution is 5.85. The summed E-state index contributed by atoms with van der Waals surface area (Å²) in [7, 11) is 0. The van der Waals surface area contributed by atoms with Gasteiger partial charge in [0, 0.05) is 0 Å². The van der Waals surface area contributed by atoms with Crippen molar-refractivity contribution >= 4 is 18.1 Å². The Kier molecular flexibility index (Phi) is 3.20. The monoisotopic (exact) mass is 173 g/mol. The van der Waals surface area contributed by atoms with Crippen LogP contribution in [0.1, 0.15) is 11.1 Å². The van der Waals surface area contributed by atoms with E-state index in [1.54, 1.807) is 6.07 Å². The van der Waals surface area contributed by atoms with Crippen molar-refractivity contribution in [2.24, 2.45) is 0 Å². The molecule has 0 fully saturated rings. The van der Waals surface area contributed by atoms with Gasteiger partial charge in [-0.1, -0.05) is 6.07 Å². The van der Waals surface area contributed by atoms with Gasteiger partial charge in [-0.05, 0) is 31.0 Å². The Hall–Kier alpha value is -0.890. The third-order valence-corrected chi connectivity index (χ3v) is 1.47. The molecule has 0 amide bonds. The van der Waals surface area contributed by atoms with Gasteiger partial charge in [-0.25, -0.2) is 0 Å². The maximum atomic E-state index is 9.21. The van der Waals surface area contributed by atoms with E-state index >= 15 is 0 Å². The molecule has 0 bridgehead atoms. The van der Waals surface area contributed by atoms with Crippen LogP contribution in [0.2, 0.25) is 0 Å². The number of aryl methyl sites for hydroxylation is 2. The van der Waals surface area contributed by atoms with Crippen LogP contribution >= 0.6 is 12.4 Å². The number of anilines is 1. The van der Waals surface area contributed by atoms with Crippen molar-refractivity contribution in [1.82, 2.24) is 0 Å². The molecule has 0 spiro atoms. The molecule has 0 aliphatic carbocycles. The third kappa shape index (κ3) is 2.02. The van der Waals surface area contributed by atoms with Crippen LogP contribution in [0.4, 0.5) is 5.69 Å². The van der Waals surface area contributed by atoms with E-state index < -0.39 is 0 Å². The number of phenolic OH excluding ortho intramolecular Hbond substituents is 1. The van der Waals surface area contributed by atoms with Gasteiger partial charge in [-0.3, -0.25) is 0 Å². The van der Waals surface area contributed by atoms with Crippen LogP contribution in [0.5, 0.6) is 5.75 Å². The van der Waals surface area contributed by atoms with E-state index in [0.29, 0.717) is 5.69 Å². The van der Waals surface area contributed by atoms with Gasteiger partial charge in [-0.2, -0.15) is 0 Å². The first-order valence-corrected chi connectivity index (χ1v) is 3.17. The maximum absolute atomic E-state index is 9.21. The lowest BCUT2D eigenvalue weighted by atomic mass is 10.1. The lowest BCUT2D eigenvalue weighted by Gasteiger charge is -2.02. The predicted octanol–water partition coefficient (Wildman–Crippen LogP) is 2.01. The smallest absolute Gasteiger partial charge is 0.141 e. The topological polar surface area (TPSA) is 46.2 Å². The number of rotatable bonds is 0. The Morgan fingerprint density at radius 2 is 1.82 bits per heavy atom. The molecule has 0 aliphatic heterocycles. The van der Waals surface area contributed by atoms with Crippen molar-refractivity contribution in [2.45, 2.75) is 13.8 Å². The Morgan fingerprint density at radius 3 is 2.27 bits per heavy atom. The van der Waals surface area contributed by atoms with Gasteiger partial charge in [-0.15, -0.1) is 12.4 Å². The molecule has 11 heavy (non-hydrogen) atoms. The Bertz CT molecular complexity index is 237. The number of nitrogen functional groups attached to an aromatic ring is 1. The summed E-state index contributed by atoms with van der Waals surface area (Å²) in [4.78, 5) is 0. The molecular formula is C8H12ClNO. The van der Waals surface area contributed by atoms with Crippen molar-refractivity contribution in [3.05, 3.63) is 23.3 Å². The van der Waals surface area contributed by atoms with Crippen molar-refractivity contribution in [1.29, 1.82) is 0 Å². The van der Waals surface area contributed by atoms with E-state index in [2.05, 4.69) is 0 Å². The first-order chi connectivity index (χ1) is 4.61. The average Bonchev–Trinajstić information content (AvgIpc) is 1.82. The van der Waals surface area contributed by atoms with Crippen molar-refractivity contribution in [3.63, 3.8) is 0 Å². The van der Waals surface area contributed by atoms with E-state index in [1.807, 2.05) is 19.9 Å². The van der Waals surface area contributed by atoms with E-state index in [1.165, 1.54) is 0 Å². The van der Waals surface area contributed by atoms with E-state index in [4.69, 9.17) is 5.73 Å². The molecule has 0 saturated carbocycles. The van der Waals surface area contributed by atoms with Gasteiger partial charge in [0.1, 0.15) is 5.75 Å². The Morgan fingerprint density at radius 1 is 1.27 bits per heavy atom. The van der Waals surface area contributed by atoms with Crippen molar-refractivity contribution < 1.29 is 5.11 Å². The third-order valence-electron chi connectivity index (χ3n) is 1.47. The van der Waals surface area contributed by atoms with Crippen LogP contribution in [-0.2, 0) is 0 Å². The van der Waals surface area contributed by atoms with Crippen LogP contribution in [0, 0.1) is 13.8 Å². The van der Waals surface area contributed by atoms with Gasteiger partial charge < -0.3 is 10.8 Å². The van der Waals surface area contributed by atoms with Crippen LogP contribution in [0.15, 0.2) is 12.1 Å². The van der Waals surface area contributed by atoms with Crippen LogP contribution in [0.3, 0.4) is 0 Å². The summed E-state index contributed by atoms with van der Waals surface area (Å²) in [5.74, 6) is 0.200. The lowest BCUT2D eigenvalue weighted by molar-refractivity contribution is 0.473. The second-order valence-electron chi connectivity index (χ2n) is 2.52. The highest BCUT2D eigenvalue weighted by Gasteiger charge is 1.99. The minimum Gasteiger partial charge on any atom is -0.506 e.